The Balaban J connectivity index is 1.69. The van der Waals surface area contributed by atoms with Crippen LogP contribution < -0.4 is 5.32 Å². The summed E-state index contributed by atoms with van der Waals surface area (Å²) in [5.41, 5.74) is 2.38. The summed E-state index contributed by atoms with van der Waals surface area (Å²) in [6.45, 7) is 4.21. The zero-order valence-electron chi connectivity index (χ0n) is 20.5. The summed E-state index contributed by atoms with van der Waals surface area (Å²) in [4.78, 5) is 16.4. The molecule has 1 aromatic carbocycles. The van der Waals surface area contributed by atoms with Gasteiger partial charge >= 0.3 is 0 Å². The lowest BCUT2D eigenvalue weighted by Gasteiger charge is -2.10. The number of nitrogens with one attached hydrogen (secondary N) is 1. The second-order valence-electron chi connectivity index (χ2n) is 8.94. The first-order chi connectivity index (χ1) is 15.8. The first-order valence-corrected chi connectivity index (χ1v) is 13.0. The normalized spacial score (nSPS) is 11.3. The van der Waals surface area contributed by atoms with E-state index in [4.69, 9.17) is 9.72 Å². The molecule has 5 heteroatoms. The van der Waals surface area contributed by atoms with Crippen molar-refractivity contribution in [2.45, 2.75) is 103 Å². The summed E-state index contributed by atoms with van der Waals surface area (Å²) >= 11 is 0. The number of unbranched alkanes of at least 4 members (excludes halogenated alkanes) is 11. The van der Waals surface area contributed by atoms with Crippen molar-refractivity contribution in [2.24, 2.45) is 0 Å². The Bertz CT molecular complexity index is 756. The molecule has 0 spiro atoms. The van der Waals surface area contributed by atoms with Crippen molar-refractivity contribution in [1.82, 2.24) is 14.9 Å². The Kier molecular flexibility index (Phi) is 13.8. The molecule has 0 unspecified atom stereocenters. The number of hydrogen-bond donors (Lipinski definition) is 1. The fraction of sp³-hybridized carbons (Fsp3) is 0.704. The van der Waals surface area contributed by atoms with Gasteiger partial charge in [0.2, 0.25) is 5.91 Å². The number of amides is 1. The third kappa shape index (κ3) is 10.2. The van der Waals surface area contributed by atoms with Crippen LogP contribution in [0.2, 0.25) is 0 Å². The standard InChI is InChI=1S/C27H45N3O2/c1-3-4-5-6-7-8-9-10-11-17-22-30-25-19-15-14-18-24(25)29-26(30)20-13-12-16-21-28-27(31)23-32-2/h14-15,18-19H,3-13,16-17,20-23H2,1-2H3,(H,28,31). The number of methoxy groups -OCH3 is 1. The summed E-state index contributed by atoms with van der Waals surface area (Å²) in [5, 5.41) is 2.89. The van der Waals surface area contributed by atoms with Gasteiger partial charge in [0.15, 0.2) is 0 Å². The topological polar surface area (TPSA) is 56.2 Å². The molecule has 0 saturated heterocycles. The minimum absolute atomic E-state index is 0.0363. The molecule has 0 radical (unpaired) electrons. The van der Waals surface area contributed by atoms with Crippen LogP contribution in [-0.2, 0) is 22.5 Å². The highest BCUT2D eigenvalue weighted by Gasteiger charge is 2.10. The lowest BCUT2D eigenvalue weighted by molar-refractivity contribution is -0.124. The van der Waals surface area contributed by atoms with Gasteiger partial charge in [0.25, 0.3) is 0 Å². The Labute approximate surface area is 195 Å². The molecule has 0 saturated carbocycles. The first-order valence-electron chi connectivity index (χ1n) is 13.0. The second kappa shape index (κ2) is 16.7. The largest absolute Gasteiger partial charge is 0.375 e. The van der Waals surface area contributed by atoms with Crippen LogP contribution in [0.15, 0.2) is 24.3 Å². The second-order valence-corrected chi connectivity index (χ2v) is 8.94. The Morgan fingerprint density at radius 2 is 1.56 bits per heavy atom. The predicted octanol–water partition coefficient (Wildman–Crippen LogP) is 6.43. The van der Waals surface area contributed by atoms with E-state index in [1.54, 1.807) is 7.11 Å². The summed E-state index contributed by atoms with van der Waals surface area (Å²) in [6.07, 6.45) is 17.8. The number of para-hydroxylation sites is 2. The molecule has 1 N–H and O–H groups in total. The minimum Gasteiger partial charge on any atom is -0.375 e. The van der Waals surface area contributed by atoms with Crippen LogP contribution >= 0.6 is 0 Å². The molecule has 0 fully saturated rings. The number of imidazole rings is 1. The zero-order valence-corrected chi connectivity index (χ0v) is 20.5. The van der Waals surface area contributed by atoms with E-state index in [1.807, 2.05) is 0 Å². The van der Waals surface area contributed by atoms with E-state index in [2.05, 4.69) is 41.1 Å². The van der Waals surface area contributed by atoms with Gasteiger partial charge in [-0.3, -0.25) is 4.79 Å². The molecule has 2 rings (SSSR count). The van der Waals surface area contributed by atoms with Crippen molar-refractivity contribution in [3.05, 3.63) is 30.1 Å². The Morgan fingerprint density at radius 1 is 0.906 bits per heavy atom. The van der Waals surface area contributed by atoms with Gasteiger partial charge in [-0.05, 0) is 31.4 Å². The van der Waals surface area contributed by atoms with Crippen LogP contribution in [-0.4, -0.2) is 35.7 Å². The maximum absolute atomic E-state index is 11.4. The lowest BCUT2D eigenvalue weighted by Crippen LogP contribution is -2.27. The van der Waals surface area contributed by atoms with Crippen LogP contribution in [0.1, 0.15) is 96.2 Å². The lowest BCUT2D eigenvalue weighted by atomic mass is 10.1. The van der Waals surface area contributed by atoms with Crippen molar-refractivity contribution in [1.29, 1.82) is 0 Å². The maximum Gasteiger partial charge on any atom is 0.245 e. The van der Waals surface area contributed by atoms with Gasteiger partial charge in [-0.15, -0.1) is 0 Å². The van der Waals surface area contributed by atoms with Crippen LogP contribution in [0.5, 0.6) is 0 Å². The van der Waals surface area contributed by atoms with Crippen LogP contribution in [0, 0.1) is 0 Å². The van der Waals surface area contributed by atoms with Crippen LogP contribution in [0.4, 0.5) is 0 Å². The summed E-state index contributed by atoms with van der Waals surface area (Å²) < 4.78 is 7.28. The minimum atomic E-state index is -0.0363. The molecule has 0 aliphatic heterocycles. The number of nitrogens with zero attached hydrogens (tertiary/aromatic N) is 2. The average molecular weight is 444 g/mol. The van der Waals surface area contributed by atoms with Gasteiger partial charge < -0.3 is 14.6 Å². The molecule has 0 bridgehead atoms. The van der Waals surface area contributed by atoms with Crippen molar-refractivity contribution < 1.29 is 9.53 Å². The van der Waals surface area contributed by atoms with Crippen molar-refractivity contribution >= 4 is 16.9 Å². The number of ether oxygens (including phenoxy) is 1. The Morgan fingerprint density at radius 3 is 2.28 bits per heavy atom. The fourth-order valence-electron chi connectivity index (χ4n) is 4.32. The van der Waals surface area contributed by atoms with E-state index in [0.717, 1.165) is 44.3 Å². The average Bonchev–Trinajstić information content (AvgIpc) is 3.15. The summed E-state index contributed by atoms with van der Waals surface area (Å²) in [6, 6.07) is 8.52. The van der Waals surface area contributed by atoms with Crippen molar-refractivity contribution in [3.63, 3.8) is 0 Å². The van der Waals surface area contributed by atoms with Gasteiger partial charge in [0, 0.05) is 26.6 Å². The SMILES string of the molecule is CCCCCCCCCCCCn1c(CCCCCNC(=O)COC)nc2ccccc21. The number of rotatable bonds is 19. The molecule has 1 amide bonds. The third-order valence-electron chi connectivity index (χ3n) is 6.14. The molecule has 0 aliphatic rings. The van der Waals surface area contributed by atoms with E-state index < -0.39 is 0 Å². The van der Waals surface area contributed by atoms with E-state index in [0.29, 0.717) is 0 Å². The highest BCUT2D eigenvalue weighted by Crippen LogP contribution is 2.19. The number of aryl methyl sites for hydroxylation is 2. The number of benzene rings is 1. The number of hydrogen-bond acceptors (Lipinski definition) is 3. The van der Waals surface area contributed by atoms with Crippen molar-refractivity contribution in [2.75, 3.05) is 20.3 Å². The summed E-state index contributed by atoms with van der Waals surface area (Å²) in [5.74, 6) is 1.18. The third-order valence-corrected chi connectivity index (χ3v) is 6.14. The molecule has 0 aliphatic carbocycles. The van der Waals surface area contributed by atoms with E-state index in [9.17, 15) is 4.79 Å². The zero-order chi connectivity index (χ0) is 22.9. The number of carbonyl (C=O) groups excluding carboxylic acids is 1. The van der Waals surface area contributed by atoms with Crippen LogP contribution in [0.25, 0.3) is 11.0 Å². The van der Waals surface area contributed by atoms with Crippen LogP contribution in [0.3, 0.4) is 0 Å². The molecule has 180 valence electrons. The molecular formula is C27H45N3O2. The molecule has 32 heavy (non-hydrogen) atoms. The Hall–Kier alpha value is -1.88. The first kappa shape index (κ1) is 26.4. The maximum atomic E-state index is 11.4. The molecule has 2 aromatic rings. The van der Waals surface area contributed by atoms with Gasteiger partial charge in [0.1, 0.15) is 12.4 Å². The molecule has 1 heterocycles. The highest BCUT2D eigenvalue weighted by atomic mass is 16.5. The van der Waals surface area contributed by atoms with Gasteiger partial charge in [0.05, 0.1) is 11.0 Å². The molecule has 0 atom stereocenters. The molecule has 1 aromatic heterocycles. The van der Waals surface area contributed by atoms with E-state index >= 15 is 0 Å². The molecule has 5 nitrogen and oxygen atoms in total. The molecular weight excluding hydrogens is 398 g/mol. The smallest absolute Gasteiger partial charge is 0.245 e. The quantitative estimate of drug-likeness (QED) is 0.254. The highest BCUT2D eigenvalue weighted by molar-refractivity contribution is 5.77. The van der Waals surface area contributed by atoms with Crippen molar-refractivity contribution in [3.8, 4) is 0 Å². The van der Waals surface area contributed by atoms with Gasteiger partial charge in [-0.1, -0.05) is 83.3 Å². The van der Waals surface area contributed by atoms with Gasteiger partial charge in [-0.25, -0.2) is 4.98 Å². The van der Waals surface area contributed by atoms with E-state index in [-0.39, 0.29) is 12.5 Å². The number of fused-ring (bicyclic) bond motifs is 1. The number of carbonyl (C=O) groups is 1. The summed E-state index contributed by atoms with van der Waals surface area (Å²) in [7, 11) is 1.54. The van der Waals surface area contributed by atoms with Gasteiger partial charge in [-0.2, -0.15) is 0 Å². The fourth-order valence-corrected chi connectivity index (χ4v) is 4.32. The monoisotopic (exact) mass is 443 g/mol. The number of aromatic nitrogens is 2. The van der Waals surface area contributed by atoms with E-state index in [1.165, 1.54) is 75.5 Å². The predicted molar refractivity (Wildman–Crippen MR) is 134 cm³/mol.